The lowest BCUT2D eigenvalue weighted by molar-refractivity contribution is -0.138. The van der Waals surface area contributed by atoms with Gasteiger partial charge in [0.1, 0.15) is 0 Å². The molecule has 2 N–H and O–H groups in total. The number of carboxylic acids is 1. The maximum atomic E-state index is 11.6. The van der Waals surface area contributed by atoms with Gasteiger partial charge in [-0.3, -0.25) is 14.5 Å². The number of rotatable bonds is 7. The zero-order chi connectivity index (χ0) is 13.4. The Morgan fingerprint density at radius 1 is 1.35 bits per heavy atom. The maximum absolute atomic E-state index is 11.6. The summed E-state index contributed by atoms with van der Waals surface area (Å²) in [4.78, 5) is 23.6. The lowest BCUT2D eigenvalue weighted by atomic mass is 10.1. The van der Waals surface area contributed by atoms with Crippen LogP contribution in [0.3, 0.4) is 0 Å². The molecule has 0 radical (unpaired) electrons. The summed E-state index contributed by atoms with van der Waals surface area (Å²) in [5.74, 6) is 1.47. The molecule has 0 aliphatic rings. The van der Waals surface area contributed by atoms with Crippen LogP contribution >= 0.6 is 0 Å². The van der Waals surface area contributed by atoms with Gasteiger partial charge in [0, 0.05) is 6.04 Å². The molecule has 0 aliphatic carbocycles. The second kappa shape index (κ2) is 7.69. The van der Waals surface area contributed by atoms with E-state index in [2.05, 4.69) is 11.2 Å². The molecule has 0 heterocycles. The van der Waals surface area contributed by atoms with Gasteiger partial charge in [0.2, 0.25) is 5.91 Å². The SMILES string of the molecule is C#CCN(CC(=O)O)CC(=O)NC(C)C(C)C. The van der Waals surface area contributed by atoms with Gasteiger partial charge in [0.05, 0.1) is 19.6 Å². The van der Waals surface area contributed by atoms with Crippen molar-refractivity contribution in [2.24, 2.45) is 5.92 Å². The Morgan fingerprint density at radius 2 is 1.94 bits per heavy atom. The van der Waals surface area contributed by atoms with Gasteiger partial charge in [-0.2, -0.15) is 0 Å². The Bertz CT molecular complexity index is 307. The Hall–Kier alpha value is -1.54. The number of nitrogens with one attached hydrogen (secondary N) is 1. The van der Waals surface area contributed by atoms with Crippen LogP contribution in [-0.2, 0) is 9.59 Å². The molecular weight excluding hydrogens is 220 g/mol. The molecule has 17 heavy (non-hydrogen) atoms. The number of carbonyl (C=O) groups excluding carboxylic acids is 1. The van der Waals surface area contributed by atoms with E-state index in [1.54, 1.807) is 0 Å². The average Bonchev–Trinajstić information content (AvgIpc) is 2.16. The van der Waals surface area contributed by atoms with Gasteiger partial charge < -0.3 is 10.4 Å². The highest BCUT2D eigenvalue weighted by atomic mass is 16.4. The van der Waals surface area contributed by atoms with E-state index in [1.165, 1.54) is 4.90 Å². The van der Waals surface area contributed by atoms with Crippen LogP contribution in [0.5, 0.6) is 0 Å². The third kappa shape index (κ3) is 7.36. The molecule has 5 heteroatoms. The Kier molecular flexibility index (Phi) is 6.99. The average molecular weight is 240 g/mol. The van der Waals surface area contributed by atoms with Crippen molar-refractivity contribution >= 4 is 11.9 Å². The molecule has 1 unspecified atom stereocenters. The minimum atomic E-state index is -0.995. The fourth-order valence-electron chi connectivity index (χ4n) is 1.16. The van der Waals surface area contributed by atoms with Gasteiger partial charge in [-0.25, -0.2) is 0 Å². The summed E-state index contributed by atoms with van der Waals surface area (Å²) in [6.07, 6.45) is 5.11. The van der Waals surface area contributed by atoms with Gasteiger partial charge in [-0.15, -0.1) is 6.42 Å². The van der Waals surface area contributed by atoms with Gasteiger partial charge in [0.25, 0.3) is 0 Å². The predicted octanol–water partition coefficient (Wildman–Crippen LogP) is 0.167. The van der Waals surface area contributed by atoms with Gasteiger partial charge in [-0.1, -0.05) is 19.8 Å². The number of amides is 1. The number of hydrogen-bond acceptors (Lipinski definition) is 3. The van der Waals surface area contributed by atoms with E-state index in [4.69, 9.17) is 11.5 Å². The molecule has 0 fully saturated rings. The van der Waals surface area contributed by atoms with Crippen LogP contribution in [0.2, 0.25) is 0 Å². The Morgan fingerprint density at radius 3 is 2.35 bits per heavy atom. The van der Waals surface area contributed by atoms with Crippen molar-refractivity contribution in [3.8, 4) is 12.3 Å². The normalized spacial score (nSPS) is 12.2. The van der Waals surface area contributed by atoms with Crippen molar-refractivity contribution in [2.75, 3.05) is 19.6 Å². The summed E-state index contributed by atoms with van der Waals surface area (Å²) < 4.78 is 0. The van der Waals surface area contributed by atoms with E-state index in [0.717, 1.165) is 0 Å². The zero-order valence-electron chi connectivity index (χ0n) is 10.6. The molecule has 5 nitrogen and oxygen atoms in total. The highest BCUT2D eigenvalue weighted by Gasteiger charge is 2.15. The number of terminal acetylenes is 1. The van der Waals surface area contributed by atoms with E-state index in [9.17, 15) is 9.59 Å². The second-order valence-electron chi connectivity index (χ2n) is 4.34. The van der Waals surface area contributed by atoms with Crippen LogP contribution in [0, 0.1) is 18.3 Å². The first-order chi connectivity index (χ1) is 7.86. The largest absolute Gasteiger partial charge is 0.480 e. The lowest BCUT2D eigenvalue weighted by Gasteiger charge is -2.21. The predicted molar refractivity (Wildman–Crippen MR) is 65.4 cm³/mol. The number of hydrogen-bond donors (Lipinski definition) is 2. The quantitative estimate of drug-likeness (QED) is 0.622. The van der Waals surface area contributed by atoms with Crippen LogP contribution in [0.25, 0.3) is 0 Å². The minimum Gasteiger partial charge on any atom is -0.480 e. The maximum Gasteiger partial charge on any atom is 0.317 e. The summed E-state index contributed by atoms with van der Waals surface area (Å²) in [5, 5.41) is 11.5. The number of carboxylic acid groups (broad SMARTS) is 1. The van der Waals surface area contributed by atoms with Crippen molar-refractivity contribution in [2.45, 2.75) is 26.8 Å². The van der Waals surface area contributed by atoms with Crippen LogP contribution in [0.4, 0.5) is 0 Å². The third-order valence-corrected chi connectivity index (χ3v) is 2.43. The Balaban J connectivity index is 4.21. The highest BCUT2D eigenvalue weighted by Crippen LogP contribution is 1.99. The first kappa shape index (κ1) is 15.5. The molecule has 0 spiro atoms. The van der Waals surface area contributed by atoms with E-state index in [1.807, 2.05) is 20.8 Å². The number of aliphatic carboxylic acids is 1. The number of carbonyl (C=O) groups is 2. The fourth-order valence-corrected chi connectivity index (χ4v) is 1.16. The first-order valence-electron chi connectivity index (χ1n) is 5.53. The van der Waals surface area contributed by atoms with E-state index in [0.29, 0.717) is 5.92 Å². The summed E-state index contributed by atoms with van der Waals surface area (Å²) in [5.41, 5.74) is 0. The van der Waals surface area contributed by atoms with E-state index in [-0.39, 0.29) is 31.6 Å². The smallest absolute Gasteiger partial charge is 0.317 e. The van der Waals surface area contributed by atoms with Crippen molar-refractivity contribution in [1.82, 2.24) is 10.2 Å². The van der Waals surface area contributed by atoms with Crippen molar-refractivity contribution in [1.29, 1.82) is 0 Å². The van der Waals surface area contributed by atoms with E-state index < -0.39 is 5.97 Å². The monoisotopic (exact) mass is 240 g/mol. The van der Waals surface area contributed by atoms with Crippen LogP contribution in [0.1, 0.15) is 20.8 Å². The molecule has 0 aromatic rings. The van der Waals surface area contributed by atoms with Crippen LogP contribution < -0.4 is 5.32 Å². The van der Waals surface area contributed by atoms with Gasteiger partial charge in [-0.05, 0) is 12.8 Å². The van der Waals surface area contributed by atoms with Crippen molar-refractivity contribution in [3.05, 3.63) is 0 Å². The third-order valence-electron chi connectivity index (χ3n) is 2.43. The zero-order valence-corrected chi connectivity index (χ0v) is 10.6. The van der Waals surface area contributed by atoms with Gasteiger partial charge >= 0.3 is 5.97 Å². The Labute approximate surface area is 102 Å². The molecule has 0 bridgehead atoms. The topological polar surface area (TPSA) is 69.6 Å². The molecule has 0 saturated heterocycles. The molecule has 0 saturated carbocycles. The van der Waals surface area contributed by atoms with Crippen LogP contribution in [0.15, 0.2) is 0 Å². The number of nitrogens with zero attached hydrogens (tertiary/aromatic N) is 1. The fraction of sp³-hybridized carbons (Fsp3) is 0.667. The summed E-state index contributed by atoms with van der Waals surface area (Å²) in [7, 11) is 0. The molecule has 0 rings (SSSR count). The molecule has 0 aromatic heterocycles. The van der Waals surface area contributed by atoms with Crippen molar-refractivity contribution < 1.29 is 14.7 Å². The van der Waals surface area contributed by atoms with E-state index >= 15 is 0 Å². The molecular formula is C12H20N2O3. The molecule has 0 aliphatic heterocycles. The molecule has 1 amide bonds. The molecule has 0 aromatic carbocycles. The molecule has 96 valence electrons. The summed E-state index contributed by atoms with van der Waals surface area (Å²) >= 11 is 0. The summed E-state index contributed by atoms with van der Waals surface area (Å²) in [6.45, 7) is 5.84. The summed E-state index contributed by atoms with van der Waals surface area (Å²) in [6, 6.07) is 0.0556. The standard InChI is InChI=1S/C12H20N2O3/c1-5-6-14(8-12(16)17)7-11(15)13-10(4)9(2)3/h1,9-10H,6-8H2,2-4H3,(H,13,15)(H,16,17). The van der Waals surface area contributed by atoms with Gasteiger partial charge in [0.15, 0.2) is 0 Å². The highest BCUT2D eigenvalue weighted by molar-refractivity contribution is 5.79. The van der Waals surface area contributed by atoms with Crippen LogP contribution in [-0.4, -0.2) is 47.6 Å². The minimum absolute atomic E-state index is 0.00750. The lowest BCUT2D eigenvalue weighted by Crippen LogP contribution is -2.44. The van der Waals surface area contributed by atoms with Crippen molar-refractivity contribution in [3.63, 3.8) is 0 Å². The second-order valence-corrected chi connectivity index (χ2v) is 4.34. The first-order valence-corrected chi connectivity index (χ1v) is 5.53. The molecule has 1 atom stereocenters.